The lowest BCUT2D eigenvalue weighted by atomic mass is 10.2. The second-order valence-electron chi connectivity index (χ2n) is 3.96. The number of hydrogen-bond acceptors (Lipinski definition) is 4. The first-order chi connectivity index (χ1) is 8.80. The Morgan fingerprint density at radius 1 is 1.39 bits per heavy atom. The molecule has 2 aromatic heterocycles. The fourth-order valence-corrected chi connectivity index (χ4v) is 1.90. The molecule has 0 saturated heterocycles. The van der Waals surface area contributed by atoms with Crippen molar-refractivity contribution in [2.24, 2.45) is 5.73 Å². The molecule has 0 aliphatic rings. The first kappa shape index (κ1) is 10.9. The van der Waals surface area contributed by atoms with E-state index in [-0.39, 0.29) is 0 Å². The Morgan fingerprint density at radius 2 is 2.28 bits per heavy atom. The van der Waals surface area contributed by atoms with E-state index >= 15 is 0 Å². The predicted octanol–water partition coefficient (Wildman–Crippen LogP) is 2.29. The van der Waals surface area contributed by atoms with Gasteiger partial charge in [-0.3, -0.25) is 0 Å². The number of nitrogens with one attached hydrogen (secondary N) is 1. The summed E-state index contributed by atoms with van der Waals surface area (Å²) in [5.74, 6) is 2.04. The second-order valence-corrected chi connectivity index (χ2v) is 3.96. The van der Waals surface area contributed by atoms with Crippen molar-refractivity contribution in [1.29, 1.82) is 0 Å². The van der Waals surface area contributed by atoms with Gasteiger partial charge in [-0.1, -0.05) is 0 Å². The van der Waals surface area contributed by atoms with Gasteiger partial charge in [-0.05, 0) is 24.3 Å². The van der Waals surface area contributed by atoms with E-state index in [1.807, 2.05) is 24.3 Å². The number of H-pyrrole nitrogens is 1. The van der Waals surface area contributed by atoms with E-state index in [0.29, 0.717) is 18.2 Å². The van der Waals surface area contributed by atoms with Gasteiger partial charge in [0.15, 0.2) is 5.76 Å². The van der Waals surface area contributed by atoms with E-state index in [2.05, 4.69) is 9.97 Å². The number of nitrogens with two attached hydrogens (primary N) is 1. The maximum Gasteiger partial charge on any atom is 0.208 e. The largest absolute Gasteiger partial charge is 0.497 e. The van der Waals surface area contributed by atoms with Crippen LogP contribution in [-0.2, 0) is 6.54 Å². The zero-order chi connectivity index (χ0) is 12.5. The summed E-state index contributed by atoms with van der Waals surface area (Å²) < 4.78 is 10.7. The lowest BCUT2D eigenvalue weighted by Crippen LogP contribution is -1.94. The fourth-order valence-electron chi connectivity index (χ4n) is 1.90. The summed E-state index contributed by atoms with van der Waals surface area (Å²) in [5.41, 5.74) is 7.38. The lowest BCUT2D eigenvalue weighted by molar-refractivity contribution is 0.415. The van der Waals surface area contributed by atoms with Gasteiger partial charge in [0.25, 0.3) is 0 Å². The molecule has 0 saturated carbocycles. The summed E-state index contributed by atoms with van der Waals surface area (Å²) in [7, 11) is 1.65. The van der Waals surface area contributed by atoms with Crippen molar-refractivity contribution < 1.29 is 9.15 Å². The van der Waals surface area contributed by atoms with Crippen LogP contribution in [0.25, 0.3) is 22.4 Å². The highest BCUT2D eigenvalue weighted by molar-refractivity contribution is 5.86. The molecule has 1 aromatic carbocycles. The Morgan fingerprint density at radius 3 is 3.00 bits per heavy atom. The van der Waals surface area contributed by atoms with Crippen LogP contribution in [-0.4, -0.2) is 17.1 Å². The van der Waals surface area contributed by atoms with Crippen LogP contribution in [0.5, 0.6) is 5.75 Å². The second kappa shape index (κ2) is 4.19. The van der Waals surface area contributed by atoms with Crippen molar-refractivity contribution in [3.05, 3.63) is 36.4 Å². The molecule has 18 heavy (non-hydrogen) atoms. The van der Waals surface area contributed by atoms with Gasteiger partial charge in [0.05, 0.1) is 25.5 Å². The number of hydrogen-bond donors (Lipinski definition) is 2. The number of oxazole rings is 1. The van der Waals surface area contributed by atoms with Gasteiger partial charge >= 0.3 is 0 Å². The molecule has 0 spiro atoms. The highest BCUT2D eigenvalue weighted by Gasteiger charge is 2.09. The topological polar surface area (TPSA) is 77.1 Å². The van der Waals surface area contributed by atoms with Crippen LogP contribution in [0, 0.1) is 0 Å². The average Bonchev–Trinajstić information content (AvgIpc) is 3.03. The molecule has 2 heterocycles. The maximum atomic E-state index is 5.51. The van der Waals surface area contributed by atoms with Crippen molar-refractivity contribution in [2.75, 3.05) is 7.11 Å². The molecule has 0 fully saturated rings. The molecule has 92 valence electrons. The zero-order valence-electron chi connectivity index (χ0n) is 9.93. The number of nitrogens with zero attached hydrogens (tertiary/aromatic N) is 1. The van der Waals surface area contributed by atoms with Gasteiger partial charge in [0.1, 0.15) is 5.75 Å². The van der Waals surface area contributed by atoms with Gasteiger partial charge in [-0.15, -0.1) is 0 Å². The van der Waals surface area contributed by atoms with Crippen molar-refractivity contribution in [2.45, 2.75) is 6.54 Å². The van der Waals surface area contributed by atoms with E-state index in [0.717, 1.165) is 22.3 Å². The number of fused-ring (bicyclic) bond motifs is 1. The summed E-state index contributed by atoms with van der Waals surface area (Å²) in [6.07, 6.45) is 1.67. The van der Waals surface area contributed by atoms with Crippen LogP contribution in [0.1, 0.15) is 5.89 Å². The average molecular weight is 243 g/mol. The van der Waals surface area contributed by atoms with Crippen molar-refractivity contribution in [3.8, 4) is 17.2 Å². The van der Waals surface area contributed by atoms with Gasteiger partial charge in [0, 0.05) is 10.9 Å². The number of aromatic nitrogens is 2. The SMILES string of the molecule is COc1ccc2[nH]c(-c3cnc(CN)o3)cc2c1. The molecular weight excluding hydrogens is 230 g/mol. The molecule has 5 nitrogen and oxygen atoms in total. The first-order valence-corrected chi connectivity index (χ1v) is 5.62. The molecule has 3 N–H and O–H groups in total. The van der Waals surface area contributed by atoms with E-state index in [1.54, 1.807) is 13.3 Å². The molecule has 5 heteroatoms. The third kappa shape index (κ3) is 1.74. The molecule has 0 radical (unpaired) electrons. The highest BCUT2D eigenvalue weighted by Crippen LogP contribution is 2.27. The third-order valence-corrected chi connectivity index (χ3v) is 2.82. The predicted molar refractivity (Wildman–Crippen MR) is 68.2 cm³/mol. The van der Waals surface area contributed by atoms with Gasteiger partial charge < -0.3 is 19.9 Å². The molecule has 0 amide bonds. The minimum atomic E-state index is 0.300. The molecule has 0 atom stereocenters. The van der Waals surface area contributed by atoms with E-state index < -0.39 is 0 Å². The summed E-state index contributed by atoms with van der Waals surface area (Å²) >= 11 is 0. The summed E-state index contributed by atoms with van der Waals surface area (Å²) in [6.45, 7) is 0.300. The third-order valence-electron chi connectivity index (χ3n) is 2.82. The number of methoxy groups -OCH3 is 1. The van der Waals surface area contributed by atoms with Gasteiger partial charge in [-0.25, -0.2) is 4.98 Å². The summed E-state index contributed by atoms with van der Waals surface area (Å²) in [6, 6.07) is 7.85. The fraction of sp³-hybridized carbons (Fsp3) is 0.154. The van der Waals surface area contributed by atoms with Gasteiger partial charge in [-0.2, -0.15) is 0 Å². The maximum absolute atomic E-state index is 5.51. The van der Waals surface area contributed by atoms with Crippen molar-refractivity contribution >= 4 is 10.9 Å². The van der Waals surface area contributed by atoms with Crippen LogP contribution in [0.4, 0.5) is 0 Å². The zero-order valence-corrected chi connectivity index (χ0v) is 9.93. The Kier molecular flexibility index (Phi) is 2.53. The van der Waals surface area contributed by atoms with Crippen molar-refractivity contribution in [1.82, 2.24) is 9.97 Å². The van der Waals surface area contributed by atoms with E-state index in [9.17, 15) is 0 Å². The first-order valence-electron chi connectivity index (χ1n) is 5.62. The Bertz CT molecular complexity index is 684. The Balaban J connectivity index is 2.07. The van der Waals surface area contributed by atoms with E-state index in [4.69, 9.17) is 14.9 Å². The number of aromatic amines is 1. The minimum Gasteiger partial charge on any atom is -0.497 e. The smallest absolute Gasteiger partial charge is 0.208 e. The molecule has 0 aliphatic heterocycles. The summed E-state index contributed by atoms with van der Waals surface area (Å²) in [4.78, 5) is 7.35. The molecule has 3 aromatic rings. The van der Waals surface area contributed by atoms with Crippen LogP contribution >= 0.6 is 0 Å². The molecular formula is C13H13N3O2. The number of benzene rings is 1. The minimum absolute atomic E-state index is 0.300. The molecule has 3 rings (SSSR count). The molecule has 0 aliphatic carbocycles. The monoisotopic (exact) mass is 243 g/mol. The highest BCUT2D eigenvalue weighted by atomic mass is 16.5. The number of rotatable bonds is 3. The van der Waals surface area contributed by atoms with Crippen molar-refractivity contribution in [3.63, 3.8) is 0 Å². The Hall–Kier alpha value is -2.27. The normalized spacial score (nSPS) is 11.0. The van der Waals surface area contributed by atoms with Crippen LogP contribution in [0.15, 0.2) is 34.9 Å². The molecule has 0 unspecified atom stereocenters. The quantitative estimate of drug-likeness (QED) is 0.739. The van der Waals surface area contributed by atoms with E-state index in [1.165, 1.54) is 0 Å². The van der Waals surface area contributed by atoms with Crippen LogP contribution < -0.4 is 10.5 Å². The lowest BCUT2D eigenvalue weighted by Gasteiger charge is -1.97. The summed E-state index contributed by atoms with van der Waals surface area (Å²) in [5, 5.41) is 1.06. The van der Waals surface area contributed by atoms with Crippen LogP contribution in [0.2, 0.25) is 0 Å². The number of ether oxygens (including phenoxy) is 1. The van der Waals surface area contributed by atoms with Crippen LogP contribution in [0.3, 0.4) is 0 Å². The van der Waals surface area contributed by atoms with Gasteiger partial charge in [0.2, 0.25) is 5.89 Å². The molecule has 0 bridgehead atoms. The Labute approximate surface area is 104 Å². The standard InChI is InChI=1S/C13H13N3O2/c1-17-9-2-3-10-8(4-9)5-11(16-10)12-7-15-13(6-14)18-12/h2-5,7,16H,6,14H2,1H3.